The molecule has 2 heterocycles. The maximum absolute atomic E-state index is 11.1. The van der Waals surface area contributed by atoms with Crippen LogP contribution in [0, 0.1) is 6.92 Å². The predicted octanol–water partition coefficient (Wildman–Crippen LogP) is 0.549. The van der Waals surface area contributed by atoms with Crippen LogP contribution >= 0.6 is 0 Å². The minimum Gasteiger partial charge on any atom is -0.477 e. The quantitative estimate of drug-likeness (QED) is 0.542. The third kappa shape index (κ3) is 0.843. The van der Waals surface area contributed by atoms with Crippen molar-refractivity contribution in [2.75, 3.05) is 6.61 Å². The van der Waals surface area contributed by atoms with Crippen LogP contribution < -0.4 is 10.3 Å². The Labute approximate surface area is 64.2 Å². The Morgan fingerprint density at radius 3 is 3.09 bits per heavy atom. The summed E-state index contributed by atoms with van der Waals surface area (Å²) in [6.45, 7) is 3.26. The van der Waals surface area contributed by atoms with Gasteiger partial charge in [-0.05, 0) is 13.0 Å². The summed E-state index contributed by atoms with van der Waals surface area (Å²) in [6, 6.07) is 3.37. The Morgan fingerprint density at radius 2 is 2.36 bits per heavy atom. The minimum atomic E-state index is 0.0306. The molecule has 0 N–H and O–H groups in total. The predicted molar refractivity (Wildman–Crippen MR) is 40.9 cm³/mol. The Balaban J connectivity index is 2.74. The van der Waals surface area contributed by atoms with Gasteiger partial charge >= 0.3 is 0 Å². The largest absolute Gasteiger partial charge is 0.477 e. The summed E-state index contributed by atoms with van der Waals surface area (Å²) < 4.78 is 6.94. The van der Waals surface area contributed by atoms with Crippen molar-refractivity contribution >= 4 is 0 Å². The van der Waals surface area contributed by atoms with Crippen molar-refractivity contribution < 1.29 is 4.74 Å². The van der Waals surface area contributed by atoms with Gasteiger partial charge in [-0.25, -0.2) is 0 Å². The molecule has 0 saturated heterocycles. The Hall–Kier alpha value is -1.25. The fourth-order valence-electron chi connectivity index (χ4n) is 1.31. The molecule has 2 rings (SSSR count). The molecule has 1 aliphatic heterocycles. The first kappa shape index (κ1) is 6.46. The number of ether oxygens (including phenoxy) is 1. The zero-order valence-electron chi connectivity index (χ0n) is 6.33. The summed E-state index contributed by atoms with van der Waals surface area (Å²) >= 11 is 0. The molecule has 0 aromatic carbocycles. The van der Waals surface area contributed by atoms with Crippen LogP contribution in [0.25, 0.3) is 0 Å². The molecular weight excluding hydrogens is 142 g/mol. The highest BCUT2D eigenvalue weighted by Crippen LogP contribution is 2.18. The first-order chi connectivity index (χ1) is 5.29. The highest BCUT2D eigenvalue weighted by molar-refractivity contribution is 5.26. The highest BCUT2D eigenvalue weighted by atomic mass is 16.5. The molecule has 3 heteroatoms. The second kappa shape index (κ2) is 2.12. The van der Waals surface area contributed by atoms with Gasteiger partial charge in [0.25, 0.3) is 5.56 Å². The number of nitrogens with zero attached hydrogens (tertiary/aromatic N) is 1. The molecule has 0 saturated carbocycles. The summed E-state index contributed by atoms with van der Waals surface area (Å²) in [5.74, 6) is 0.734. The maximum atomic E-state index is 11.1. The number of aryl methyl sites for hydroxylation is 1. The average Bonchev–Trinajstić information content (AvgIpc) is 2.45. The Morgan fingerprint density at radius 1 is 1.55 bits per heavy atom. The molecule has 0 spiro atoms. The molecular formula is C8H9NO2. The lowest BCUT2D eigenvalue weighted by Gasteiger charge is -2.01. The van der Waals surface area contributed by atoms with E-state index in [9.17, 15) is 4.79 Å². The van der Waals surface area contributed by atoms with Crippen LogP contribution in [0.3, 0.4) is 0 Å². The first-order valence-electron chi connectivity index (χ1n) is 3.62. The minimum absolute atomic E-state index is 0.0306. The van der Waals surface area contributed by atoms with Crippen molar-refractivity contribution in [3.63, 3.8) is 0 Å². The van der Waals surface area contributed by atoms with Crippen molar-refractivity contribution in [3.05, 3.63) is 28.0 Å². The second-order valence-corrected chi connectivity index (χ2v) is 2.66. The summed E-state index contributed by atoms with van der Waals surface area (Å²) in [7, 11) is 0. The van der Waals surface area contributed by atoms with Crippen LogP contribution in [0.2, 0.25) is 0 Å². The van der Waals surface area contributed by atoms with Crippen LogP contribution in [0.15, 0.2) is 16.9 Å². The van der Waals surface area contributed by atoms with E-state index in [1.165, 1.54) is 0 Å². The molecule has 0 atom stereocenters. The van der Waals surface area contributed by atoms with E-state index in [1.807, 2.05) is 6.92 Å². The van der Waals surface area contributed by atoms with Gasteiger partial charge in [0.1, 0.15) is 6.61 Å². The molecule has 0 radical (unpaired) electrons. The number of fused-ring (bicyclic) bond motifs is 1. The van der Waals surface area contributed by atoms with E-state index in [-0.39, 0.29) is 5.56 Å². The zero-order chi connectivity index (χ0) is 7.84. The molecule has 3 nitrogen and oxygen atoms in total. The molecule has 0 unspecified atom stereocenters. The lowest BCUT2D eigenvalue weighted by atomic mass is 10.3. The molecule has 1 aromatic heterocycles. The first-order valence-corrected chi connectivity index (χ1v) is 3.62. The molecule has 0 amide bonds. The van der Waals surface area contributed by atoms with Gasteiger partial charge in [0.15, 0.2) is 5.88 Å². The number of rotatable bonds is 0. The third-order valence-corrected chi connectivity index (χ3v) is 1.88. The molecule has 0 aliphatic carbocycles. The van der Waals surface area contributed by atoms with Gasteiger partial charge in [0.2, 0.25) is 0 Å². The van der Waals surface area contributed by atoms with Crippen molar-refractivity contribution in [1.29, 1.82) is 0 Å². The highest BCUT2D eigenvalue weighted by Gasteiger charge is 2.13. The average molecular weight is 151 g/mol. The second-order valence-electron chi connectivity index (χ2n) is 2.66. The smallest absolute Gasteiger partial charge is 0.253 e. The van der Waals surface area contributed by atoms with Gasteiger partial charge < -0.3 is 4.74 Å². The number of hydrogen-bond donors (Lipinski definition) is 0. The van der Waals surface area contributed by atoms with Crippen LogP contribution in [-0.4, -0.2) is 11.2 Å². The van der Waals surface area contributed by atoms with E-state index in [0.29, 0.717) is 13.2 Å². The summed E-state index contributed by atoms with van der Waals surface area (Å²) in [6.07, 6.45) is 0. The molecule has 11 heavy (non-hydrogen) atoms. The summed E-state index contributed by atoms with van der Waals surface area (Å²) in [4.78, 5) is 11.1. The van der Waals surface area contributed by atoms with Crippen molar-refractivity contribution in [2.24, 2.45) is 0 Å². The summed E-state index contributed by atoms with van der Waals surface area (Å²) in [5.41, 5.74) is 1.06. The SMILES string of the molecule is Cc1ccc(=O)n2c1OCC2. The Kier molecular flexibility index (Phi) is 1.24. The Bertz CT molecular complexity index is 340. The van der Waals surface area contributed by atoms with E-state index in [1.54, 1.807) is 16.7 Å². The topological polar surface area (TPSA) is 31.2 Å². The van der Waals surface area contributed by atoms with Crippen LogP contribution in [0.1, 0.15) is 5.56 Å². The van der Waals surface area contributed by atoms with Gasteiger partial charge in [-0.1, -0.05) is 0 Å². The fourth-order valence-corrected chi connectivity index (χ4v) is 1.31. The van der Waals surface area contributed by atoms with Crippen LogP contribution in [-0.2, 0) is 6.54 Å². The normalized spacial score (nSPS) is 14.3. The van der Waals surface area contributed by atoms with Gasteiger partial charge in [0.05, 0.1) is 6.54 Å². The van der Waals surface area contributed by atoms with Crippen molar-refractivity contribution in [1.82, 2.24) is 4.57 Å². The monoisotopic (exact) mass is 151 g/mol. The fraction of sp³-hybridized carbons (Fsp3) is 0.375. The maximum Gasteiger partial charge on any atom is 0.253 e. The lowest BCUT2D eigenvalue weighted by Crippen LogP contribution is -2.15. The summed E-state index contributed by atoms with van der Waals surface area (Å²) in [5, 5.41) is 0. The standard InChI is InChI=1S/C8H9NO2/c1-6-2-3-7(10)9-4-5-11-8(6)9/h2-3H,4-5H2,1H3. The van der Waals surface area contributed by atoms with E-state index >= 15 is 0 Å². The number of hydrogen-bond acceptors (Lipinski definition) is 2. The van der Waals surface area contributed by atoms with Gasteiger partial charge in [-0.3, -0.25) is 9.36 Å². The van der Waals surface area contributed by atoms with Gasteiger partial charge in [-0.15, -0.1) is 0 Å². The van der Waals surface area contributed by atoms with E-state index in [0.717, 1.165) is 11.4 Å². The van der Waals surface area contributed by atoms with Gasteiger partial charge in [0, 0.05) is 11.6 Å². The van der Waals surface area contributed by atoms with Crippen LogP contribution in [0.4, 0.5) is 0 Å². The lowest BCUT2D eigenvalue weighted by molar-refractivity contribution is 0.354. The molecule has 0 fully saturated rings. The zero-order valence-corrected chi connectivity index (χ0v) is 6.33. The van der Waals surface area contributed by atoms with Crippen molar-refractivity contribution in [3.8, 4) is 5.88 Å². The van der Waals surface area contributed by atoms with E-state index < -0.39 is 0 Å². The van der Waals surface area contributed by atoms with Gasteiger partial charge in [-0.2, -0.15) is 0 Å². The molecule has 1 aromatic rings. The molecule has 0 bridgehead atoms. The molecule has 58 valence electrons. The number of aromatic nitrogens is 1. The van der Waals surface area contributed by atoms with E-state index in [4.69, 9.17) is 4.74 Å². The van der Waals surface area contributed by atoms with Crippen LogP contribution in [0.5, 0.6) is 5.88 Å². The molecule has 1 aliphatic rings. The third-order valence-electron chi connectivity index (χ3n) is 1.88. The number of pyridine rings is 1. The van der Waals surface area contributed by atoms with Crippen molar-refractivity contribution in [2.45, 2.75) is 13.5 Å². The van der Waals surface area contributed by atoms with E-state index in [2.05, 4.69) is 0 Å².